The molecule has 15 nitrogen and oxygen atoms in total. The largest absolute Gasteiger partial charge is 0.497 e. The molecule has 1 spiro atoms. The van der Waals surface area contributed by atoms with Gasteiger partial charge in [-0.05, 0) is 83.4 Å². The maximum absolute atomic E-state index is 17.1. The Kier molecular flexibility index (Phi) is 12.1. The average molecular weight is 888 g/mol. The smallest absolute Gasteiger partial charge is 0.408 e. The fraction of sp³-hybridized carbons (Fsp3) is 0.659. The first-order valence-electron chi connectivity index (χ1n) is 21.5. The highest BCUT2D eigenvalue weighted by Gasteiger charge is 2.65. The van der Waals surface area contributed by atoms with Gasteiger partial charge in [-0.1, -0.05) is 38.8 Å². The van der Waals surface area contributed by atoms with Crippen molar-refractivity contribution in [2.24, 2.45) is 5.92 Å². The van der Waals surface area contributed by atoms with Gasteiger partial charge in [0.15, 0.2) is 5.75 Å². The zero-order valence-corrected chi connectivity index (χ0v) is 37.3. The number of carbonyl (C=O) groups excluding carboxylic acids is 4. The first kappa shape index (κ1) is 45.4. The molecule has 4 amide bonds. The molecule has 4 heterocycles. The number of nitrogens with zero attached hydrogens (tertiary/aromatic N) is 2. The highest BCUT2D eigenvalue weighted by atomic mass is 32.2. The maximum Gasteiger partial charge on any atom is 0.408 e. The number of halogens is 2. The maximum atomic E-state index is 17.1. The van der Waals surface area contributed by atoms with Gasteiger partial charge in [-0.15, -0.1) is 0 Å². The number of alkyl carbamates (subject to hydrolysis) is 1. The second kappa shape index (κ2) is 16.5. The van der Waals surface area contributed by atoms with E-state index >= 15 is 8.78 Å². The zero-order valence-electron chi connectivity index (χ0n) is 36.5. The molecule has 2 aliphatic carbocycles. The summed E-state index contributed by atoms with van der Waals surface area (Å²) < 4.78 is 84.9. The molecule has 0 bridgehead atoms. The van der Waals surface area contributed by atoms with Gasteiger partial charge < -0.3 is 34.5 Å². The van der Waals surface area contributed by atoms with E-state index in [1.807, 2.05) is 6.08 Å². The third kappa shape index (κ3) is 8.82. The van der Waals surface area contributed by atoms with Crippen molar-refractivity contribution in [3.8, 4) is 11.5 Å². The zero-order chi connectivity index (χ0) is 45.0. The average Bonchev–Trinajstić information content (AvgIpc) is 4.09. The summed E-state index contributed by atoms with van der Waals surface area (Å²) in [5.74, 6) is -6.80. The lowest BCUT2D eigenvalue weighted by molar-refractivity contribution is -0.141. The first-order valence-corrected chi connectivity index (χ1v) is 23.0. The number of aromatic nitrogens is 1. The lowest BCUT2D eigenvalue weighted by atomic mass is 9.83. The fourth-order valence-corrected chi connectivity index (χ4v) is 10.3. The van der Waals surface area contributed by atoms with Crippen LogP contribution in [0.4, 0.5) is 13.6 Å². The van der Waals surface area contributed by atoms with Gasteiger partial charge in [0.2, 0.25) is 21.8 Å². The van der Waals surface area contributed by atoms with Gasteiger partial charge in [0.25, 0.3) is 11.8 Å². The molecule has 5 aliphatic rings. The number of nitrogens with one attached hydrogen (secondary N) is 3. The van der Waals surface area contributed by atoms with Crippen LogP contribution < -0.4 is 24.8 Å². The van der Waals surface area contributed by atoms with E-state index < -0.39 is 98.6 Å². The number of hydrogen-bond donors (Lipinski definition) is 3. The second-order valence-corrected chi connectivity index (χ2v) is 21.1. The predicted octanol–water partition coefficient (Wildman–Crippen LogP) is 5.88. The third-order valence-electron chi connectivity index (χ3n) is 13.1. The highest BCUT2D eigenvalue weighted by molar-refractivity contribution is 7.91. The standard InChI is InChI=1S/C44H59F2N5O10S/c1-26(2)34-35-33(29-21-28(59-7)15-16-30(29)47-34)44(45,46)24-42(60-35)23-32-36(52)49-43(38(54)50-62(56,57)41(5)17-18-41)22-27(43)13-11-9-8-10-12-14-31(37(53)51(32)25-42)48-39(55)61-40(3,4)19-20-58-6/h11,13,15-16,21,26-27,31-32H,8-10,12,14,17-20,22-25H2,1-7H3,(H,48,55)(H,49,52)(H,50,54). The Labute approximate surface area is 361 Å². The number of alkyl halides is 2. The molecule has 0 radical (unpaired) electrons. The van der Waals surface area contributed by atoms with Crippen LogP contribution in [-0.2, 0) is 39.8 Å². The predicted molar refractivity (Wildman–Crippen MR) is 224 cm³/mol. The van der Waals surface area contributed by atoms with E-state index in [1.54, 1.807) is 52.8 Å². The summed E-state index contributed by atoms with van der Waals surface area (Å²) in [4.78, 5) is 63.2. The van der Waals surface area contributed by atoms with Crippen molar-refractivity contribution in [2.75, 3.05) is 27.4 Å². The van der Waals surface area contributed by atoms with E-state index in [-0.39, 0.29) is 41.2 Å². The number of benzene rings is 1. The second-order valence-electron chi connectivity index (χ2n) is 18.9. The van der Waals surface area contributed by atoms with Gasteiger partial charge >= 0.3 is 6.09 Å². The van der Waals surface area contributed by atoms with Gasteiger partial charge in [-0.2, -0.15) is 0 Å². The van der Waals surface area contributed by atoms with Crippen LogP contribution in [0.5, 0.6) is 11.5 Å². The van der Waals surface area contributed by atoms with Crippen molar-refractivity contribution < 1.29 is 55.3 Å². The number of rotatable bonds is 10. The molecule has 1 aromatic carbocycles. The molecule has 2 saturated carbocycles. The summed E-state index contributed by atoms with van der Waals surface area (Å²) in [6.45, 7) is 8.38. The quantitative estimate of drug-likeness (QED) is 0.242. The van der Waals surface area contributed by atoms with Crippen LogP contribution in [0, 0.1) is 5.92 Å². The Morgan fingerprint density at radius 2 is 1.85 bits per heavy atom. The molecule has 5 atom stereocenters. The van der Waals surface area contributed by atoms with Crippen molar-refractivity contribution in [3.63, 3.8) is 0 Å². The van der Waals surface area contributed by atoms with Crippen LogP contribution in [0.1, 0.15) is 122 Å². The molecule has 62 heavy (non-hydrogen) atoms. The lowest BCUT2D eigenvalue weighted by Gasteiger charge is -2.41. The molecule has 340 valence electrons. The van der Waals surface area contributed by atoms with Gasteiger partial charge in [0, 0.05) is 37.9 Å². The van der Waals surface area contributed by atoms with Gasteiger partial charge in [-0.25, -0.2) is 27.0 Å². The number of sulfonamides is 1. The summed E-state index contributed by atoms with van der Waals surface area (Å²) in [5, 5.41) is 5.65. The molecule has 1 saturated heterocycles. The molecular formula is C44H59F2N5O10S. The Hall–Kier alpha value is -4.58. The summed E-state index contributed by atoms with van der Waals surface area (Å²) in [6, 6.07) is 2.01. The first-order chi connectivity index (χ1) is 29.1. The van der Waals surface area contributed by atoms with Crippen molar-refractivity contribution in [3.05, 3.63) is 41.6 Å². The minimum Gasteiger partial charge on any atom is -0.497 e. The van der Waals surface area contributed by atoms with Crippen LogP contribution >= 0.6 is 0 Å². The summed E-state index contributed by atoms with van der Waals surface area (Å²) in [6.07, 6.45) is 5.23. The number of allylic oxidation sites excluding steroid dienone is 1. The Balaban J connectivity index is 1.28. The third-order valence-corrected chi connectivity index (χ3v) is 15.3. The van der Waals surface area contributed by atoms with Crippen LogP contribution in [0.2, 0.25) is 0 Å². The van der Waals surface area contributed by atoms with E-state index in [9.17, 15) is 27.6 Å². The van der Waals surface area contributed by atoms with E-state index in [1.165, 1.54) is 20.3 Å². The SMILES string of the molecule is COCCC(C)(C)OC(=O)NC1CCCCCC=CC2CC2(C(=O)NS(=O)(=O)C2(C)CC2)NC(=O)C2CC3(CN2C1=O)CC(F)(F)c1c(c(C(C)C)nc2ccc(OC)cc12)O3. The highest BCUT2D eigenvalue weighted by Crippen LogP contribution is 2.56. The molecule has 1 aromatic heterocycles. The summed E-state index contributed by atoms with van der Waals surface area (Å²) >= 11 is 0. The Morgan fingerprint density at radius 1 is 1.11 bits per heavy atom. The molecule has 2 aromatic rings. The van der Waals surface area contributed by atoms with Crippen LogP contribution in [0.25, 0.3) is 10.9 Å². The number of fused-ring (bicyclic) bond motifs is 5. The monoisotopic (exact) mass is 887 g/mol. The van der Waals surface area contributed by atoms with Gasteiger partial charge in [-0.3, -0.25) is 19.1 Å². The summed E-state index contributed by atoms with van der Waals surface area (Å²) in [7, 11) is -1.15. The lowest BCUT2D eigenvalue weighted by Crippen LogP contribution is -2.58. The fourth-order valence-electron chi connectivity index (χ4n) is 8.98. The van der Waals surface area contributed by atoms with Crippen molar-refractivity contribution in [1.82, 2.24) is 25.2 Å². The minimum atomic E-state index is -4.10. The molecule has 7 rings (SSSR count). The van der Waals surface area contributed by atoms with Crippen molar-refractivity contribution in [1.29, 1.82) is 0 Å². The number of ether oxygens (including phenoxy) is 4. The van der Waals surface area contributed by atoms with Crippen LogP contribution in [0.3, 0.4) is 0 Å². The number of hydrogen-bond acceptors (Lipinski definition) is 11. The van der Waals surface area contributed by atoms with E-state index in [2.05, 4.69) is 15.4 Å². The normalized spacial score (nSPS) is 28.1. The number of amides is 4. The van der Waals surface area contributed by atoms with E-state index in [0.717, 1.165) is 4.90 Å². The van der Waals surface area contributed by atoms with E-state index in [4.69, 9.17) is 23.9 Å². The van der Waals surface area contributed by atoms with Crippen LogP contribution in [0.15, 0.2) is 30.4 Å². The summed E-state index contributed by atoms with van der Waals surface area (Å²) in [5.41, 5.74) is -4.29. The molecular weight excluding hydrogens is 829 g/mol. The minimum absolute atomic E-state index is 0.0793. The Bertz CT molecular complexity index is 2270. The Morgan fingerprint density at radius 3 is 2.53 bits per heavy atom. The van der Waals surface area contributed by atoms with Gasteiger partial charge in [0.05, 0.1) is 41.6 Å². The van der Waals surface area contributed by atoms with E-state index in [0.29, 0.717) is 62.8 Å². The number of carbonyl (C=O) groups is 4. The van der Waals surface area contributed by atoms with Gasteiger partial charge in [0.1, 0.15) is 34.6 Å². The number of pyridine rings is 1. The van der Waals surface area contributed by atoms with Crippen molar-refractivity contribution >= 4 is 44.7 Å². The molecule has 3 aliphatic heterocycles. The number of methoxy groups -OCH3 is 2. The molecule has 5 unspecified atom stereocenters. The topological polar surface area (TPSA) is 192 Å². The molecule has 18 heteroatoms. The molecule has 3 fully saturated rings. The molecule has 3 N–H and O–H groups in total. The van der Waals surface area contributed by atoms with Crippen molar-refractivity contribution in [2.45, 2.75) is 151 Å². The van der Waals surface area contributed by atoms with Crippen LogP contribution in [-0.4, -0.2) is 103 Å².